The van der Waals surface area contributed by atoms with Gasteiger partial charge in [-0.1, -0.05) is 34.6 Å². The van der Waals surface area contributed by atoms with Crippen molar-refractivity contribution < 1.29 is 4.79 Å². The van der Waals surface area contributed by atoms with Gasteiger partial charge >= 0.3 is 0 Å². The van der Waals surface area contributed by atoms with Crippen LogP contribution in [0.2, 0.25) is 0 Å². The van der Waals surface area contributed by atoms with Gasteiger partial charge < -0.3 is 10.6 Å². The molecule has 0 radical (unpaired) electrons. The van der Waals surface area contributed by atoms with Gasteiger partial charge in [0.25, 0.3) is 0 Å². The van der Waals surface area contributed by atoms with E-state index < -0.39 is 0 Å². The molecule has 0 saturated carbocycles. The first-order valence-electron chi connectivity index (χ1n) is 5.73. The predicted octanol–water partition coefficient (Wildman–Crippen LogP) is 1.54. The van der Waals surface area contributed by atoms with Crippen molar-refractivity contribution in [2.24, 2.45) is 10.8 Å². The second-order valence-corrected chi connectivity index (χ2v) is 6.40. The summed E-state index contributed by atoms with van der Waals surface area (Å²) in [6.07, 6.45) is 1.07. The van der Waals surface area contributed by atoms with Gasteiger partial charge in [0, 0.05) is 6.54 Å². The topological polar surface area (TPSA) is 41.1 Å². The average molecular weight is 212 g/mol. The fourth-order valence-electron chi connectivity index (χ4n) is 1.86. The molecular formula is C12H24N2O. The van der Waals surface area contributed by atoms with E-state index in [4.69, 9.17) is 0 Å². The molecule has 1 unspecified atom stereocenters. The first-order valence-corrected chi connectivity index (χ1v) is 5.73. The normalized spacial score (nSPS) is 25.3. The summed E-state index contributed by atoms with van der Waals surface area (Å²) in [5, 5.41) is 6.29. The molecular weight excluding hydrogens is 188 g/mol. The molecule has 3 heteroatoms. The Morgan fingerprint density at radius 2 is 2.07 bits per heavy atom. The Labute approximate surface area is 93.0 Å². The third-order valence-electron chi connectivity index (χ3n) is 2.95. The highest BCUT2D eigenvalue weighted by Gasteiger charge is 2.39. The van der Waals surface area contributed by atoms with Crippen LogP contribution < -0.4 is 10.6 Å². The maximum Gasteiger partial charge on any atom is 0.237 e. The minimum atomic E-state index is -0.0279. The van der Waals surface area contributed by atoms with Gasteiger partial charge in [0.1, 0.15) is 0 Å². The van der Waals surface area contributed by atoms with Crippen molar-refractivity contribution in [1.82, 2.24) is 10.6 Å². The summed E-state index contributed by atoms with van der Waals surface area (Å²) in [4.78, 5) is 11.9. The van der Waals surface area contributed by atoms with E-state index in [1.165, 1.54) is 0 Å². The van der Waals surface area contributed by atoms with E-state index in [9.17, 15) is 4.79 Å². The van der Waals surface area contributed by atoms with Crippen LogP contribution in [0, 0.1) is 10.8 Å². The van der Waals surface area contributed by atoms with Crippen molar-refractivity contribution in [2.45, 2.75) is 47.1 Å². The second kappa shape index (κ2) is 4.12. The highest BCUT2D eigenvalue weighted by molar-refractivity contribution is 5.83. The van der Waals surface area contributed by atoms with Crippen molar-refractivity contribution in [3.63, 3.8) is 0 Å². The van der Waals surface area contributed by atoms with E-state index >= 15 is 0 Å². The summed E-state index contributed by atoms with van der Waals surface area (Å²) in [6, 6.07) is -0.0279. The van der Waals surface area contributed by atoms with Crippen molar-refractivity contribution in [3.05, 3.63) is 0 Å². The van der Waals surface area contributed by atoms with Crippen molar-refractivity contribution >= 4 is 5.91 Å². The maximum atomic E-state index is 11.9. The molecule has 0 aromatic heterocycles. The zero-order valence-corrected chi connectivity index (χ0v) is 10.6. The third-order valence-corrected chi connectivity index (χ3v) is 2.95. The van der Waals surface area contributed by atoms with Gasteiger partial charge in [0.15, 0.2) is 0 Å². The lowest BCUT2D eigenvalue weighted by Crippen LogP contribution is -2.48. The maximum absolute atomic E-state index is 11.9. The van der Waals surface area contributed by atoms with Crippen LogP contribution >= 0.6 is 0 Å². The molecule has 1 heterocycles. The number of rotatable bonds is 2. The second-order valence-electron chi connectivity index (χ2n) is 6.40. The minimum Gasteiger partial charge on any atom is -0.354 e. The quantitative estimate of drug-likeness (QED) is 0.729. The van der Waals surface area contributed by atoms with E-state index in [-0.39, 0.29) is 22.8 Å². The molecule has 0 spiro atoms. The van der Waals surface area contributed by atoms with Crippen LogP contribution in [0.25, 0.3) is 0 Å². The predicted molar refractivity (Wildman–Crippen MR) is 62.7 cm³/mol. The Kier molecular flexibility index (Phi) is 3.44. The van der Waals surface area contributed by atoms with Crippen LogP contribution in [0.1, 0.15) is 41.0 Å². The summed E-state index contributed by atoms with van der Waals surface area (Å²) >= 11 is 0. The first kappa shape index (κ1) is 12.5. The zero-order chi connectivity index (χ0) is 11.7. The Balaban J connectivity index is 2.48. The van der Waals surface area contributed by atoms with E-state index in [1.807, 2.05) is 0 Å². The van der Waals surface area contributed by atoms with Crippen LogP contribution in [0.15, 0.2) is 0 Å². The van der Waals surface area contributed by atoms with Crippen LogP contribution in [-0.2, 0) is 4.79 Å². The fourth-order valence-corrected chi connectivity index (χ4v) is 1.86. The SMILES string of the molecule is CC(C)(C)CNC(=O)C1NCCC1(C)C. The van der Waals surface area contributed by atoms with Crippen LogP contribution in [0.3, 0.4) is 0 Å². The van der Waals surface area contributed by atoms with Gasteiger partial charge in [-0.15, -0.1) is 0 Å². The molecule has 2 N–H and O–H groups in total. The van der Waals surface area contributed by atoms with Crippen molar-refractivity contribution in [2.75, 3.05) is 13.1 Å². The largest absolute Gasteiger partial charge is 0.354 e. The number of carbonyl (C=O) groups is 1. The molecule has 0 aliphatic carbocycles. The summed E-state index contributed by atoms with van der Waals surface area (Å²) in [5.41, 5.74) is 0.236. The molecule has 0 aromatic carbocycles. The van der Waals surface area contributed by atoms with Gasteiger partial charge in [-0.3, -0.25) is 4.79 Å². The molecule has 0 aromatic rings. The fraction of sp³-hybridized carbons (Fsp3) is 0.917. The first-order chi connectivity index (χ1) is 6.72. The lowest BCUT2D eigenvalue weighted by Gasteiger charge is -2.27. The lowest BCUT2D eigenvalue weighted by atomic mass is 9.84. The molecule has 1 aliphatic rings. The van der Waals surface area contributed by atoms with E-state index in [1.54, 1.807) is 0 Å². The summed E-state index contributed by atoms with van der Waals surface area (Å²) in [7, 11) is 0. The van der Waals surface area contributed by atoms with E-state index in [0.717, 1.165) is 19.5 Å². The summed E-state index contributed by atoms with van der Waals surface area (Å²) < 4.78 is 0. The van der Waals surface area contributed by atoms with Gasteiger partial charge in [-0.05, 0) is 23.8 Å². The van der Waals surface area contributed by atoms with Crippen LogP contribution in [0.4, 0.5) is 0 Å². The van der Waals surface area contributed by atoms with E-state index in [0.29, 0.717) is 0 Å². The molecule has 88 valence electrons. The van der Waals surface area contributed by atoms with Gasteiger partial charge in [-0.2, -0.15) is 0 Å². The number of nitrogens with one attached hydrogen (secondary N) is 2. The summed E-state index contributed by atoms with van der Waals surface area (Å²) in [6.45, 7) is 12.4. The minimum absolute atomic E-state index is 0.0279. The van der Waals surface area contributed by atoms with Crippen LogP contribution in [0.5, 0.6) is 0 Å². The highest BCUT2D eigenvalue weighted by Crippen LogP contribution is 2.29. The number of hydrogen-bond donors (Lipinski definition) is 2. The zero-order valence-electron chi connectivity index (χ0n) is 10.6. The number of amides is 1. The Hall–Kier alpha value is -0.570. The summed E-state index contributed by atoms with van der Waals surface area (Å²) in [5.74, 6) is 0.146. The Morgan fingerprint density at radius 1 is 1.47 bits per heavy atom. The van der Waals surface area contributed by atoms with Gasteiger partial charge in [-0.25, -0.2) is 0 Å². The molecule has 1 amide bonds. The molecule has 0 bridgehead atoms. The average Bonchev–Trinajstić information content (AvgIpc) is 2.40. The van der Waals surface area contributed by atoms with E-state index in [2.05, 4.69) is 45.3 Å². The molecule has 1 rings (SSSR count). The number of hydrogen-bond acceptors (Lipinski definition) is 2. The molecule has 1 fully saturated rings. The molecule has 1 aliphatic heterocycles. The Morgan fingerprint density at radius 3 is 2.47 bits per heavy atom. The van der Waals surface area contributed by atoms with Gasteiger partial charge in [0.05, 0.1) is 6.04 Å². The lowest BCUT2D eigenvalue weighted by molar-refractivity contribution is -0.125. The Bertz CT molecular complexity index is 240. The molecule has 15 heavy (non-hydrogen) atoms. The molecule has 1 saturated heterocycles. The molecule has 3 nitrogen and oxygen atoms in total. The number of carbonyl (C=O) groups excluding carboxylic acids is 1. The van der Waals surface area contributed by atoms with Crippen molar-refractivity contribution in [1.29, 1.82) is 0 Å². The standard InChI is InChI=1S/C12H24N2O/c1-11(2,3)8-14-10(15)9-12(4,5)6-7-13-9/h9,13H,6-8H2,1-5H3,(H,14,15). The van der Waals surface area contributed by atoms with Gasteiger partial charge in [0.2, 0.25) is 5.91 Å². The van der Waals surface area contributed by atoms with Crippen molar-refractivity contribution in [3.8, 4) is 0 Å². The van der Waals surface area contributed by atoms with Crippen LogP contribution in [-0.4, -0.2) is 25.0 Å². The smallest absolute Gasteiger partial charge is 0.237 e. The third kappa shape index (κ3) is 3.49. The monoisotopic (exact) mass is 212 g/mol. The molecule has 1 atom stereocenters. The highest BCUT2D eigenvalue weighted by atomic mass is 16.2.